The van der Waals surface area contributed by atoms with E-state index in [0.717, 1.165) is 10.1 Å². The Labute approximate surface area is 182 Å². The van der Waals surface area contributed by atoms with Crippen LogP contribution in [0.2, 0.25) is 5.02 Å². The summed E-state index contributed by atoms with van der Waals surface area (Å²) in [5, 5.41) is 0.559. The highest BCUT2D eigenvalue weighted by Crippen LogP contribution is 2.13. The first-order chi connectivity index (χ1) is 15.0. The van der Waals surface area contributed by atoms with Crippen LogP contribution in [0.15, 0.2) is 82.5 Å². The third-order valence-corrected chi connectivity index (χ3v) is 5.30. The Morgan fingerprint density at radius 2 is 1.68 bits per heavy atom. The van der Waals surface area contributed by atoms with Crippen LogP contribution in [0.25, 0.3) is 11.0 Å². The Bertz CT molecular complexity index is 1360. The van der Waals surface area contributed by atoms with Crippen LogP contribution in [0.1, 0.15) is 5.56 Å². The highest BCUT2D eigenvalue weighted by Gasteiger charge is 2.18. The van der Waals surface area contributed by atoms with Crippen molar-refractivity contribution < 1.29 is 4.79 Å². The fourth-order valence-corrected chi connectivity index (χ4v) is 3.47. The zero-order valence-electron chi connectivity index (χ0n) is 16.7. The number of rotatable bonds is 5. The van der Waals surface area contributed by atoms with Crippen molar-refractivity contribution in [3.63, 3.8) is 0 Å². The molecule has 7 nitrogen and oxygen atoms in total. The lowest BCUT2D eigenvalue weighted by atomic mass is 10.2. The summed E-state index contributed by atoms with van der Waals surface area (Å²) in [6.45, 7) is -0.183. The van der Waals surface area contributed by atoms with Crippen LogP contribution in [0.5, 0.6) is 0 Å². The molecule has 0 fully saturated rings. The number of para-hydroxylation sites is 1. The Kier molecular flexibility index (Phi) is 5.68. The summed E-state index contributed by atoms with van der Waals surface area (Å²) in [6.07, 6.45) is 1.49. The molecule has 0 saturated carbocycles. The number of pyridine rings is 1. The van der Waals surface area contributed by atoms with Crippen LogP contribution in [0, 0.1) is 0 Å². The molecule has 0 saturated heterocycles. The summed E-state index contributed by atoms with van der Waals surface area (Å²) >= 11 is 5.93. The Balaban J connectivity index is 1.79. The first kappa shape index (κ1) is 20.6. The maximum absolute atomic E-state index is 13.3. The van der Waals surface area contributed by atoms with Gasteiger partial charge in [0.1, 0.15) is 6.54 Å². The van der Waals surface area contributed by atoms with Crippen LogP contribution in [-0.4, -0.2) is 27.1 Å². The van der Waals surface area contributed by atoms with Gasteiger partial charge in [0.05, 0.1) is 12.1 Å². The van der Waals surface area contributed by atoms with Gasteiger partial charge in [-0.25, -0.2) is 9.78 Å². The van der Waals surface area contributed by atoms with Gasteiger partial charge < -0.3 is 4.90 Å². The molecule has 0 atom stereocenters. The lowest BCUT2D eigenvalue weighted by molar-refractivity contribution is -0.118. The normalized spacial score (nSPS) is 10.9. The third-order valence-electron chi connectivity index (χ3n) is 5.05. The van der Waals surface area contributed by atoms with Crippen molar-refractivity contribution >= 4 is 34.2 Å². The van der Waals surface area contributed by atoms with Crippen molar-refractivity contribution in [1.29, 1.82) is 0 Å². The maximum atomic E-state index is 13.3. The Morgan fingerprint density at radius 3 is 2.39 bits per heavy atom. The second kappa shape index (κ2) is 8.57. The van der Waals surface area contributed by atoms with Crippen molar-refractivity contribution in [3.05, 3.63) is 104 Å². The molecule has 0 radical (unpaired) electrons. The number of anilines is 1. The minimum absolute atomic E-state index is 0.0457. The number of amides is 1. The zero-order valence-corrected chi connectivity index (χ0v) is 17.5. The third kappa shape index (κ3) is 4.13. The van der Waals surface area contributed by atoms with Crippen LogP contribution < -0.4 is 16.1 Å². The summed E-state index contributed by atoms with van der Waals surface area (Å²) in [6, 6.07) is 19.3. The van der Waals surface area contributed by atoms with Gasteiger partial charge in [0.2, 0.25) is 5.91 Å². The van der Waals surface area contributed by atoms with Gasteiger partial charge in [0.15, 0.2) is 5.52 Å². The largest absolute Gasteiger partial charge is 0.332 e. The average Bonchev–Trinajstić information content (AvgIpc) is 2.80. The molecule has 0 aliphatic carbocycles. The van der Waals surface area contributed by atoms with E-state index in [0.29, 0.717) is 16.2 Å². The van der Waals surface area contributed by atoms with Crippen molar-refractivity contribution in [2.45, 2.75) is 13.1 Å². The van der Waals surface area contributed by atoms with Gasteiger partial charge in [0, 0.05) is 24.0 Å². The minimum atomic E-state index is -0.574. The van der Waals surface area contributed by atoms with Gasteiger partial charge in [0.25, 0.3) is 5.56 Å². The lowest BCUT2D eigenvalue weighted by Crippen LogP contribution is -2.43. The van der Waals surface area contributed by atoms with Crippen molar-refractivity contribution in [2.75, 3.05) is 11.9 Å². The lowest BCUT2D eigenvalue weighted by Gasteiger charge is -2.19. The maximum Gasteiger partial charge on any atom is 0.332 e. The number of aromatic nitrogens is 3. The smallest absolute Gasteiger partial charge is 0.314 e. The van der Waals surface area contributed by atoms with E-state index >= 15 is 0 Å². The molecule has 4 aromatic rings. The molecule has 8 heteroatoms. The van der Waals surface area contributed by atoms with Gasteiger partial charge in [-0.15, -0.1) is 0 Å². The molecule has 0 aliphatic rings. The zero-order chi connectivity index (χ0) is 22.0. The molecular weight excluding hydrogens is 416 g/mol. The van der Waals surface area contributed by atoms with Gasteiger partial charge in [-0.05, 0) is 42.0 Å². The van der Waals surface area contributed by atoms with E-state index in [2.05, 4.69) is 4.98 Å². The number of benzene rings is 2. The monoisotopic (exact) mass is 434 g/mol. The van der Waals surface area contributed by atoms with E-state index in [1.54, 1.807) is 43.4 Å². The second-order valence-corrected chi connectivity index (χ2v) is 7.48. The van der Waals surface area contributed by atoms with Gasteiger partial charge in [-0.2, -0.15) is 0 Å². The van der Waals surface area contributed by atoms with E-state index in [-0.39, 0.29) is 24.5 Å². The molecule has 1 amide bonds. The van der Waals surface area contributed by atoms with Crippen LogP contribution in [0.3, 0.4) is 0 Å². The van der Waals surface area contributed by atoms with E-state index < -0.39 is 11.2 Å². The van der Waals surface area contributed by atoms with E-state index in [1.165, 1.54) is 15.7 Å². The van der Waals surface area contributed by atoms with E-state index in [9.17, 15) is 14.4 Å². The van der Waals surface area contributed by atoms with E-state index in [4.69, 9.17) is 11.6 Å². The van der Waals surface area contributed by atoms with Gasteiger partial charge >= 0.3 is 5.69 Å². The van der Waals surface area contributed by atoms with Crippen molar-refractivity contribution in [1.82, 2.24) is 14.1 Å². The fraction of sp³-hybridized carbons (Fsp3) is 0.130. The Morgan fingerprint density at radius 1 is 0.968 bits per heavy atom. The number of likely N-dealkylation sites (N-methyl/N-ethyl adjacent to an activating group) is 1. The predicted molar refractivity (Wildman–Crippen MR) is 121 cm³/mol. The predicted octanol–water partition coefficient (Wildman–Crippen LogP) is 2.92. The molecule has 0 aliphatic heterocycles. The summed E-state index contributed by atoms with van der Waals surface area (Å²) in [7, 11) is 1.65. The quantitative estimate of drug-likeness (QED) is 0.484. The molecule has 0 spiro atoms. The summed E-state index contributed by atoms with van der Waals surface area (Å²) in [4.78, 5) is 44.8. The average molecular weight is 435 g/mol. The standard InChI is InChI=1S/C23H19ClN4O3/c1-26(18-6-3-2-4-7-18)20(29)15-27-19-8-5-13-25-21(19)22(30)28(23(27)31)14-16-9-11-17(24)12-10-16/h2-13H,14-15H2,1H3. The van der Waals surface area contributed by atoms with Crippen LogP contribution in [-0.2, 0) is 17.9 Å². The van der Waals surface area contributed by atoms with Crippen LogP contribution >= 0.6 is 11.6 Å². The van der Waals surface area contributed by atoms with Crippen LogP contribution in [0.4, 0.5) is 5.69 Å². The number of hydrogen-bond donors (Lipinski definition) is 0. The molecule has 0 N–H and O–H groups in total. The van der Waals surface area contributed by atoms with E-state index in [1.807, 2.05) is 30.3 Å². The topological polar surface area (TPSA) is 77.2 Å². The van der Waals surface area contributed by atoms with Crippen molar-refractivity contribution in [3.8, 4) is 0 Å². The summed E-state index contributed by atoms with van der Waals surface area (Å²) in [5.74, 6) is -0.296. The number of hydrogen-bond acceptors (Lipinski definition) is 4. The number of carbonyl (C=O) groups is 1. The number of halogens is 1. The highest BCUT2D eigenvalue weighted by molar-refractivity contribution is 6.30. The summed E-state index contributed by atoms with van der Waals surface area (Å²) in [5.41, 5.74) is 0.812. The number of fused-ring (bicyclic) bond motifs is 1. The highest BCUT2D eigenvalue weighted by atomic mass is 35.5. The molecule has 2 aromatic carbocycles. The second-order valence-electron chi connectivity index (χ2n) is 7.05. The first-order valence-electron chi connectivity index (χ1n) is 9.60. The SMILES string of the molecule is CN(C(=O)Cn1c(=O)n(Cc2ccc(Cl)cc2)c(=O)c2ncccc21)c1ccccc1. The first-order valence-corrected chi connectivity index (χ1v) is 9.98. The molecule has 0 unspecified atom stereocenters. The number of nitrogens with zero attached hydrogens (tertiary/aromatic N) is 4. The molecule has 2 aromatic heterocycles. The van der Waals surface area contributed by atoms with Gasteiger partial charge in [-0.3, -0.25) is 18.7 Å². The molecule has 4 rings (SSSR count). The van der Waals surface area contributed by atoms with Gasteiger partial charge in [-0.1, -0.05) is 41.9 Å². The molecule has 2 heterocycles. The minimum Gasteiger partial charge on any atom is -0.314 e. The molecular formula is C23H19ClN4O3. The fourth-order valence-electron chi connectivity index (χ4n) is 3.34. The summed E-state index contributed by atoms with van der Waals surface area (Å²) < 4.78 is 2.38. The number of carbonyl (C=O) groups excluding carboxylic acids is 1. The van der Waals surface area contributed by atoms with Crippen molar-refractivity contribution in [2.24, 2.45) is 0 Å². The molecule has 0 bridgehead atoms. The molecule has 156 valence electrons. The molecule has 31 heavy (non-hydrogen) atoms. The Hall–Kier alpha value is -3.71.